The molecule has 0 aliphatic carbocycles. The number of benzene rings is 1. The van der Waals surface area contributed by atoms with Gasteiger partial charge in [0.05, 0.1) is 17.8 Å². The SMILES string of the molecule is CCO/C=C/C(=C(C#N)C#N)c1ccc(S(=O)(=O)N(C)C)cc1. The molecule has 0 radical (unpaired) electrons. The summed E-state index contributed by atoms with van der Waals surface area (Å²) in [5.41, 5.74) is 0.846. The van der Waals surface area contributed by atoms with E-state index in [0.717, 1.165) is 4.31 Å². The first-order valence-electron chi connectivity index (χ1n) is 6.74. The van der Waals surface area contributed by atoms with Gasteiger partial charge in [-0.25, -0.2) is 12.7 Å². The Morgan fingerprint density at radius 3 is 2.22 bits per heavy atom. The molecule has 120 valence electrons. The molecule has 0 saturated carbocycles. The number of hydrogen-bond acceptors (Lipinski definition) is 5. The van der Waals surface area contributed by atoms with Crippen LogP contribution in [0.5, 0.6) is 0 Å². The smallest absolute Gasteiger partial charge is 0.242 e. The molecule has 7 heteroatoms. The molecule has 23 heavy (non-hydrogen) atoms. The largest absolute Gasteiger partial charge is 0.501 e. The summed E-state index contributed by atoms with van der Waals surface area (Å²) in [4.78, 5) is 0.134. The molecule has 1 aromatic rings. The lowest BCUT2D eigenvalue weighted by atomic mass is 10.0. The van der Waals surface area contributed by atoms with E-state index in [4.69, 9.17) is 15.3 Å². The minimum Gasteiger partial charge on any atom is -0.501 e. The number of sulfonamides is 1. The van der Waals surface area contributed by atoms with Crippen molar-refractivity contribution in [2.24, 2.45) is 0 Å². The first kappa shape index (κ1) is 18.4. The molecule has 1 rings (SSSR count). The van der Waals surface area contributed by atoms with Crippen LogP contribution < -0.4 is 0 Å². The van der Waals surface area contributed by atoms with Crippen LogP contribution in [0.3, 0.4) is 0 Å². The Bertz CT molecular complexity index is 776. The Kier molecular flexibility index (Phi) is 6.52. The third-order valence-electron chi connectivity index (χ3n) is 2.93. The quantitative estimate of drug-likeness (QED) is 0.453. The van der Waals surface area contributed by atoms with E-state index in [-0.39, 0.29) is 10.5 Å². The summed E-state index contributed by atoms with van der Waals surface area (Å²) in [6, 6.07) is 9.63. The maximum absolute atomic E-state index is 12.0. The van der Waals surface area contributed by atoms with Gasteiger partial charge in [0.15, 0.2) is 0 Å². The Labute approximate surface area is 136 Å². The number of rotatable bonds is 6. The van der Waals surface area contributed by atoms with Gasteiger partial charge < -0.3 is 4.74 Å². The summed E-state index contributed by atoms with van der Waals surface area (Å²) < 4.78 is 30.3. The number of ether oxygens (including phenoxy) is 1. The van der Waals surface area contributed by atoms with E-state index in [1.165, 1.54) is 38.6 Å². The summed E-state index contributed by atoms with van der Waals surface area (Å²) in [6.07, 6.45) is 2.91. The van der Waals surface area contributed by atoms with Crippen molar-refractivity contribution in [3.8, 4) is 12.1 Å². The third kappa shape index (κ3) is 4.43. The van der Waals surface area contributed by atoms with Crippen molar-refractivity contribution >= 4 is 15.6 Å². The zero-order chi connectivity index (χ0) is 17.5. The monoisotopic (exact) mass is 331 g/mol. The van der Waals surface area contributed by atoms with E-state index in [1.54, 1.807) is 12.1 Å². The van der Waals surface area contributed by atoms with Crippen molar-refractivity contribution < 1.29 is 13.2 Å². The van der Waals surface area contributed by atoms with Crippen molar-refractivity contribution in [1.82, 2.24) is 4.31 Å². The summed E-state index contributed by atoms with van der Waals surface area (Å²) in [5, 5.41) is 18.1. The number of hydrogen-bond donors (Lipinski definition) is 0. The Balaban J connectivity index is 3.34. The molecule has 0 fully saturated rings. The zero-order valence-electron chi connectivity index (χ0n) is 13.1. The molecule has 0 unspecified atom stereocenters. The summed E-state index contributed by atoms with van der Waals surface area (Å²) in [5.74, 6) is 0. The predicted molar refractivity (Wildman–Crippen MR) is 86.2 cm³/mol. The van der Waals surface area contributed by atoms with Gasteiger partial charge in [0.1, 0.15) is 17.7 Å². The van der Waals surface area contributed by atoms with Crippen LogP contribution in [0, 0.1) is 22.7 Å². The van der Waals surface area contributed by atoms with Gasteiger partial charge in [-0.05, 0) is 30.7 Å². The van der Waals surface area contributed by atoms with Gasteiger partial charge >= 0.3 is 0 Å². The van der Waals surface area contributed by atoms with Gasteiger partial charge in [-0.3, -0.25) is 0 Å². The molecule has 0 aliphatic rings. The van der Waals surface area contributed by atoms with Crippen LogP contribution in [0.1, 0.15) is 12.5 Å². The molecular weight excluding hydrogens is 314 g/mol. The summed E-state index contributed by atoms with van der Waals surface area (Å²) in [6.45, 7) is 2.27. The van der Waals surface area contributed by atoms with Crippen molar-refractivity contribution in [3.63, 3.8) is 0 Å². The summed E-state index contributed by atoms with van der Waals surface area (Å²) >= 11 is 0. The minimum absolute atomic E-state index is 0.0795. The van der Waals surface area contributed by atoms with Crippen LogP contribution >= 0.6 is 0 Å². The first-order chi connectivity index (χ1) is 10.9. The van der Waals surface area contributed by atoms with Crippen LogP contribution in [-0.2, 0) is 14.8 Å². The van der Waals surface area contributed by atoms with E-state index in [2.05, 4.69) is 0 Å². The van der Waals surface area contributed by atoms with Gasteiger partial charge in [-0.2, -0.15) is 10.5 Å². The van der Waals surface area contributed by atoms with Crippen LogP contribution in [0.2, 0.25) is 0 Å². The molecular formula is C16H17N3O3S. The second-order valence-electron chi connectivity index (χ2n) is 4.58. The van der Waals surface area contributed by atoms with Gasteiger partial charge in [0, 0.05) is 19.7 Å². The van der Waals surface area contributed by atoms with Gasteiger partial charge in [-0.15, -0.1) is 0 Å². The fraction of sp³-hybridized carbons (Fsp3) is 0.250. The lowest BCUT2D eigenvalue weighted by Crippen LogP contribution is -2.22. The molecule has 0 aromatic heterocycles. The molecule has 0 aliphatic heterocycles. The molecule has 0 N–H and O–H groups in total. The van der Waals surface area contributed by atoms with Gasteiger partial charge in [-0.1, -0.05) is 12.1 Å². The fourth-order valence-electron chi connectivity index (χ4n) is 1.70. The average Bonchev–Trinajstić information content (AvgIpc) is 2.54. The molecule has 0 saturated heterocycles. The van der Waals surface area contributed by atoms with E-state index < -0.39 is 10.0 Å². The van der Waals surface area contributed by atoms with E-state index in [1.807, 2.05) is 19.1 Å². The molecule has 0 spiro atoms. The molecule has 1 aromatic carbocycles. The molecule has 0 heterocycles. The highest BCUT2D eigenvalue weighted by Gasteiger charge is 2.17. The normalized spacial score (nSPS) is 11.0. The second-order valence-corrected chi connectivity index (χ2v) is 6.73. The number of nitriles is 2. The fourth-order valence-corrected chi connectivity index (χ4v) is 2.60. The van der Waals surface area contributed by atoms with Crippen molar-refractivity contribution in [2.75, 3.05) is 20.7 Å². The van der Waals surface area contributed by atoms with E-state index in [0.29, 0.717) is 17.7 Å². The highest BCUT2D eigenvalue weighted by molar-refractivity contribution is 7.89. The number of allylic oxidation sites excluding steroid dienone is 3. The number of nitrogens with zero attached hydrogens (tertiary/aromatic N) is 3. The first-order valence-corrected chi connectivity index (χ1v) is 8.18. The van der Waals surface area contributed by atoms with Crippen LogP contribution in [0.4, 0.5) is 0 Å². The van der Waals surface area contributed by atoms with Crippen molar-refractivity contribution in [3.05, 3.63) is 47.7 Å². The van der Waals surface area contributed by atoms with Crippen LogP contribution in [-0.4, -0.2) is 33.4 Å². The highest BCUT2D eigenvalue weighted by atomic mass is 32.2. The Morgan fingerprint density at radius 1 is 1.22 bits per heavy atom. The van der Waals surface area contributed by atoms with Gasteiger partial charge in [0.2, 0.25) is 10.0 Å². The van der Waals surface area contributed by atoms with Crippen molar-refractivity contribution in [1.29, 1.82) is 10.5 Å². The Morgan fingerprint density at radius 2 is 1.78 bits per heavy atom. The molecule has 6 nitrogen and oxygen atoms in total. The Hall–Kier alpha value is -2.61. The standard InChI is InChI=1S/C16H17N3O3S/c1-4-22-10-9-16(14(11-17)12-18)13-5-7-15(8-6-13)23(20,21)19(2)3/h5-10H,4H2,1-3H3/b10-9+. The molecule has 0 amide bonds. The third-order valence-corrected chi connectivity index (χ3v) is 4.76. The predicted octanol–water partition coefficient (Wildman–Crippen LogP) is 2.29. The maximum Gasteiger partial charge on any atom is 0.242 e. The maximum atomic E-state index is 12.0. The van der Waals surface area contributed by atoms with Crippen molar-refractivity contribution in [2.45, 2.75) is 11.8 Å². The van der Waals surface area contributed by atoms with Crippen LogP contribution in [0.15, 0.2) is 47.1 Å². The molecule has 0 bridgehead atoms. The second kappa shape index (κ2) is 8.14. The summed E-state index contributed by atoms with van der Waals surface area (Å²) in [7, 11) is -0.633. The minimum atomic E-state index is -3.53. The lowest BCUT2D eigenvalue weighted by Gasteiger charge is -2.12. The van der Waals surface area contributed by atoms with Gasteiger partial charge in [0.25, 0.3) is 0 Å². The van der Waals surface area contributed by atoms with Crippen LogP contribution in [0.25, 0.3) is 5.57 Å². The van der Waals surface area contributed by atoms with E-state index >= 15 is 0 Å². The lowest BCUT2D eigenvalue weighted by molar-refractivity contribution is 0.269. The topological polar surface area (TPSA) is 94.2 Å². The average molecular weight is 331 g/mol. The zero-order valence-corrected chi connectivity index (χ0v) is 14.0. The van der Waals surface area contributed by atoms with E-state index in [9.17, 15) is 8.42 Å². The molecule has 0 atom stereocenters. The highest BCUT2D eigenvalue weighted by Crippen LogP contribution is 2.23.